The number of ether oxygens (including phenoxy) is 2. The Morgan fingerprint density at radius 1 is 1.06 bits per heavy atom. The normalized spacial score (nSPS) is 16.4. The molecule has 0 spiro atoms. The SMILES string of the molecule is Cc1c2c(cc3c1O/C(=C\c1ccccc1Br)C3=O)CN(CCCc1ccccc1)CO2. The summed E-state index contributed by atoms with van der Waals surface area (Å²) in [5, 5.41) is 0. The minimum Gasteiger partial charge on any atom is -0.477 e. The molecule has 3 aromatic rings. The number of halogens is 1. The van der Waals surface area contributed by atoms with Crippen molar-refractivity contribution in [3.63, 3.8) is 0 Å². The first-order chi connectivity index (χ1) is 15.6. The monoisotopic (exact) mass is 489 g/mol. The largest absolute Gasteiger partial charge is 0.477 e. The van der Waals surface area contributed by atoms with Crippen LogP contribution in [0.4, 0.5) is 0 Å². The Balaban J connectivity index is 1.33. The number of allylic oxidation sites excluding steroid dienone is 1. The highest BCUT2D eigenvalue weighted by atomic mass is 79.9. The molecule has 2 aliphatic heterocycles. The molecule has 0 bridgehead atoms. The molecule has 0 saturated carbocycles. The van der Waals surface area contributed by atoms with Crippen LogP contribution in [0.5, 0.6) is 11.5 Å². The average molecular weight is 490 g/mol. The molecule has 3 aromatic carbocycles. The summed E-state index contributed by atoms with van der Waals surface area (Å²) in [4.78, 5) is 15.4. The van der Waals surface area contributed by atoms with Gasteiger partial charge in [-0.05, 0) is 49.1 Å². The molecule has 0 aromatic heterocycles. The van der Waals surface area contributed by atoms with E-state index < -0.39 is 0 Å². The van der Waals surface area contributed by atoms with Crippen LogP contribution in [0.25, 0.3) is 6.08 Å². The second-order valence-electron chi connectivity index (χ2n) is 8.24. The molecule has 2 heterocycles. The summed E-state index contributed by atoms with van der Waals surface area (Å²) in [6, 6.07) is 20.3. The molecule has 0 N–H and O–H groups in total. The van der Waals surface area contributed by atoms with Gasteiger partial charge >= 0.3 is 0 Å². The van der Waals surface area contributed by atoms with Gasteiger partial charge in [0.15, 0.2) is 5.76 Å². The second-order valence-corrected chi connectivity index (χ2v) is 9.10. The minimum absolute atomic E-state index is 0.0807. The Kier molecular flexibility index (Phi) is 5.85. The van der Waals surface area contributed by atoms with E-state index in [0.717, 1.165) is 52.8 Å². The van der Waals surface area contributed by atoms with Crippen LogP contribution >= 0.6 is 15.9 Å². The number of aryl methyl sites for hydroxylation is 1. The van der Waals surface area contributed by atoms with Crippen molar-refractivity contribution in [2.45, 2.75) is 26.3 Å². The lowest BCUT2D eigenvalue weighted by Gasteiger charge is -2.30. The Hall–Kier alpha value is -2.89. The van der Waals surface area contributed by atoms with Gasteiger partial charge in [-0.1, -0.05) is 64.5 Å². The van der Waals surface area contributed by atoms with E-state index in [1.165, 1.54) is 5.56 Å². The van der Waals surface area contributed by atoms with Gasteiger partial charge in [-0.15, -0.1) is 0 Å². The Labute approximate surface area is 196 Å². The average Bonchev–Trinajstić information content (AvgIpc) is 3.12. The summed E-state index contributed by atoms with van der Waals surface area (Å²) in [7, 11) is 0. The number of nitrogens with zero attached hydrogens (tertiary/aromatic N) is 1. The van der Waals surface area contributed by atoms with E-state index in [1.54, 1.807) is 6.08 Å². The molecule has 162 valence electrons. The van der Waals surface area contributed by atoms with Gasteiger partial charge in [0.1, 0.15) is 18.2 Å². The van der Waals surface area contributed by atoms with Crippen LogP contribution in [0.2, 0.25) is 0 Å². The van der Waals surface area contributed by atoms with Gasteiger partial charge in [0.25, 0.3) is 0 Å². The van der Waals surface area contributed by atoms with E-state index in [-0.39, 0.29) is 5.78 Å². The third kappa shape index (κ3) is 4.10. The van der Waals surface area contributed by atoms with E-state index in [9.17, 15) is 4.79 Å². The lowest BCUT2D eigenvalue weighted by molar-refractivity contribution is 0.0932. The molecular formula is C27H24BrNO3. The molecule has 0 unspecified atom stereocenters. The third-order valence-electron chi connectivity index (χ3n) is 5.98. The van der Waals surface area contributed by atoms with Crippen LogP contribution in [-0.2, 0) is 13.0 Å². The summed E-state index contributed by atoms with van der Waals surface area (Å²) < 4.78 is 13.0. The van der Waals surface area contributed by atoms with Crippen molar-refractivity contribution in [2.75, 3.05) is 13.3 Å². The zero-order chi connectivity index (χ0) is 22.1. The van der Waals surface area contributed by atoms with E-state index in [1.807, 2.05) is 43.3 Å². The Morgan fingerprint density at radius 3 is 2.66 bits per heavy atom. The highest BCUT2D eigenvalue weighted by molar-refractivity contribution is 9.10. The van der Waals surface area contributed by atoms with Crippen molar-refractivity contribution in [1.82, 2.24) is 4.90 Å². The smallest absolute Gasteiger partial charge is 0.231 e. The van der Waals surface area contributed by atoms with Gasteiger partial charge in [-0.2, -0.15) is 0 Å². The van der Waals surface area contributed by atoms with E-state index in [0.29, 0.717) is 23.8 Å². The summed E-state index contributed by atoms with van der Waals surface area (Å²) in [5.74, 6) is 1.72. The maximum atomic E-state index is 13.1. The van der Waals surface area contributed by atoms with Crippen LogP contribution in [0.15, 0.2) is 70.9 Å². The number of carbonyl (C=O) groups excluding carboxylic acids is 1. The lowest BCUT2D eigenvalue weighted by atomic mass is 10.00. The fourth-order valence-corrected chi connectivity index (χ4v) is 4.72. The van der Waals surface area contributed by atoms with Gasteiger partial charge in [0, 0.05) is 28.7 Å². The first kappa shape index (κ1) is 21.0. The van der Waals surface area contributed by atoms with Gasteiger partial charge in [0.2, 0.25) is 5.78 Å². The summed E-state index contributed by atoms with van der Waals surface area (Å²) >= 11 is 3.53. The standard InChI is InChI=1S/C27H24BrNO3/c1-18-26-21(16-29(17-31-26)13-7-10-19-8-3-2-4-9-19)14-22-25(30)24(32-27(18)22)15-20-11-5-6-12-23(20)28/h2-6,8-9,11-12,14-15H,7,10,13,16-17H2,1H3/b24-15-. The topological polar surface area (TPSA) is 38.8 Å². The minimum atomic E-state index is -0.0807. The van der Waals surface area contributed by atoms with Gasteiger partial charge in [0.05, 0.1) is 5.56 Å². The highest BCUT2D eigenvalue weighted by Crippen LogP contribution is 2.43. The fraction of sp³-hybridized carbons (Fsp3) is 0.222. The fourth-order valence-electron chi connectivity index (χ4n) is 4.32. The molecular weight excluding hydrogens is 466 g/mol. The van der Waals surface area contributed by atoms with Gasteiger partial charge < -0.3 is 9.47 Å². The second kappa shape index (κ2) is 8.93. The van der Waals surface area contributed by atoms with Crippen LogP contribution < -0.4 is 9.47 Å². The Morgan fingerprint density at radius 2 is 1.84 bits per heavy atom. The van der Waals surface area contributed by atoms with Crippen molar-refractivity contribution in [3.05, 3.63) is 98.7 Å². The number of fused-ring (bicyclic) bond motifs is 2. The molecule has 0 radical (unpaired) electrons. The van der Waals surface area contributed by atoms with Crippen LogP contribution in [0.1, 0.15) is 39.0 Å². The van der Waals surface area contributed by atoms with Crippen molar-refractivity contribution in [3.8, 4) is 11.5 Å². The predicted molar refractivity (Wildman–Crippen MR) is 129 cm³/mol. The molecule has 0 atom stereocenters. The summed E-state index contributed by atoms with van der Waals surface area (Å²) in [6.45, 7) is 4.24. The maximum absolute atomic E-state index is 13.1. The van der Waals surface area contributed by atoms with Gasteiger partial charge in [-0.25, -0.2) is 0 Å². The summed E-state index contributed by atoms with van der Waals surface area (Å²) in [5.41, 5.74) is 4.82. The van der Waals surface area contributed by atoms with E-state index >= 15 is 0 Å². The van der Waals surface area contributed by atoms with Crippen molar-refractivity contribution in [2.24, 2.45) is 0 Å². The number of rotatable bonds is 5. The number of ketones is 1. The first-order valence-electron chi connectivity index (χ1n) is 10.8. The first-order valence-corrected chi connectivity index (χ1v) is 11.6. The number of hydrogen-bond acceptors (Lipinski definition) is 4. The van der Waals surface area contributed by atoms with Crippen LogP contribution in [0, 0.1) is 6.92 Å². The zero-order valence-electron chi connectivity index (χ0n) is 17.9. The van der Waals surface area contributed by atoms with Crippen molar-refractivity contribution in [1.29, 1.82) is 0 Å². The van der Waals surface area contributed by atoms with E-state index in [4.69, 9.17) is 9.47 Å². The highest BCUT2D eigenvalue weighted by Gasteiger charge is 2.33. The molecule has 5 heteroatoms. The number of benzene rings is 3. The van der Waals surface area contributed by atoms with Gasteiger partial charge in [-0.3, -0.25) is 9.69 Å². The molecule has 5 rings (SSSR count). The molecule has 0 amide bonds. The number of hydrogen-bond donors (Lipinski definition) is 0. The molecule has 4 nitrogen and oxygen atoms in total. The molecule has 2 aliphatic rings. The molecule has 0 aliphatic carbocycles. The lowest BCUT2D eigenvalue weighted by Crippen LogP contribution is -2.33. The van der Waals surface area contributed by atoms with Crippen LogP contribution in [-0.4, -0.2) is 24.0 Å². The molecule has 0 fully saturated rings. The maximum Gasteiger partial charge on any atom is 0.231 e. The third-order valence-corrected chi connectivity index (χ3v) is 6.70. The Bertz CT molecular complexity index is 1200. The van der Waals surface area contributed by atoms with E-state index in [2.05, 4.69) is 45.1 Å². The van der Waals surface area contributed by atoms with Crippen molar-refractivity contribution >= 4 is 27.8 Å². The van der Waals surface area contributed by atoms with Crippen LogP contribution in [0.3, 0.4) is 0 Å². The number of carbonyl (C=O) groups is 1. The predicted octanol–water partition coefficient (Wildman–Crippen LogP) is 6.16. The summed E-state index contributed by atoms with van der Waals surface area (Å²) in [6.07, 6.45) is 3.90. The molecule has 32 heavy (non-hydrogen) atoms. The number of Topliss-reactive ketones (excluding diaryl/α,β-unsaturated/α-hetero) is 1. The molecule has 0 saturated heterocycles. The van der Waals surface area contributed by atoms with Crippen molar-refractivity contribution < 1.29 is 14.3 Å². The zero-order valence-corrected chi connectivity index (χ0v) is 19.5. The quantitative estimate of drug-likeness (QED) is 0.402.